The molecule has 1 heterocycles. The minimum Gasteiger partial charge on any atom is -0.478 e. The Balaban J connectivity index is 2.09. The van der Waals surface area contributed by atoms with Crippen molar-refractivity contribution in [1.82, 2.24) is 10.3 Å². The van der Waals surface area contributed by atoms with Gasteiger partial charge in [-0.05, 0) is 68.9 Å². The molecule has 2 N–H and O–H groups in total. The summed E-state index contributed by atoms with van der Waals surface area (Å²) in [4.78, 5) is 27.0. The number of carboxylic acids is 1. The first-order valence-corrected chi connectivity index (χ1v) is 7.76. The number of pyridine rings is 1. The SMILES string of the molecule is O=C(O)c1ccnc(CNC(=O)c2cc(I)ccc2Br)c1. The van der Waals surface area contributed by atoms with Gasteiger partial charge < -0.3 is 10.4 Å². The molecule has 0 aliphatic heterocycles. The van der Waals surface area contributed by atoms with Crippen LogP contribution in [-0.4, -0.2) is 22.0 Å². The minimum absolute atomic E-state index is 0.143. The lowest BCUT2D eigenvalue weighted by Gasteiger charge is -2.07. The Labute approximate surface area is 143 Å². The number of amides is 1. The minimum atomic E-state index is -1.02. The van der Waals surface area contributed by atoms with Crippen LogP contribution in [0.5, 0.6) is 0 Å². The highest BCUT2D eigenvalue weighted by Gasteiger charge is 2.11. The van der Waals surface area contributed by atoms with Crippen LogP contribution in [0.1, 0.15) is 26.4 Å². The molecule has 0 aliphatic rings. The van der Waals surface area contributed by atoms with Crippen LogP contribution >= 0.6 is 38.5 Å². The van der Waals surface area contributed by atoms with Crippen LogP contribution < -0.4 is 5.32 Å². The van der Waals surface area contributed by atoms with E-state index in [0.717, 1.165) is 3.57 Å². The zero-order valence-corrected chi connectivity index (χ0v) is 14.4. The van der Waals surface area contributed by atoms with Crippen LogP contribution in [-0.2, 0) is 6.54 Å². The third-order valence-corrected chi connectivity index (χ3v) is 4.03. The number of aromatic carboxylic acids is 1. The van der Waals surface area contributed by atoms with E-state index in [0.29, 0.717) is 15.7 Å². The molecule has 0 unspecified atom stereocenters. The molecule has 0 bridgehead atoms. The summed E-state index contributed by atoms with van der Waals surface area (Å²) in [5, 5.41) is 11.6. The molecule has 2 aromatic rings. The molecular formula is C14H10BrIN2O3. The van der Waals surface area contributed by atoms with Crippen molar-refractivity contribution >= 4 is 50.4 Å². The van der Waals surface area contributed by atoms with Gasteiger partial charge in [0, 0.05) is 14.2 Å². The predicted molar refractivity (Wildman–Crippen MR) is 89.2 cm³/mol. The second kappa shape index (κ2) is 6.99. The number of nitrogens with one attached hydrogen (secondary N) is 1. The summed E-state index contributed by atoms with van der Waals surface area (Å²) in [5.74, 6) is -1.27. The number of rotatable bonds is 4. The van der Waals surface area contributed by atoms with E-state index in [1.54, 1.807) is 12.1 Å². The van der Waals surface area contributed by atoms with Gasteiger partial charge in [-0.15, -0.1) is 0 Å². The van der Waals surface area contributed by atoms with Crippen molar-refractivity contribution in [1.29, 1.82) is 0 Å². The van der Waals surface area contributed by atoms with E-state index in [1.807, 2.05) is 6.07 Å². The topological polar surface area (TPSA) is 79.3 Å². The van der Waals surface area contributed by atoms with Crippen molar-refractivity contribution in [3.05, 3.63) is 61.4 Å². The van der Waals surface area contributed by atoms with Gasteiger partial charge in [0.25, 0.3) is 5.91 Å². The summed E-state index contributed by atoms with van der Waals surface area (Å²) in [6.07, 6.45) is 1.41. The van der Waals surface area contributed by atoms with Crippen molar-refractivity contribution in [2.75, 3.05) is 0 Å². The second-order valence-electron chi connectivity index (χ2n) is 4.15. The van der Waals surface area contributed by atoms with E-state index < -0.39 is 5.97 Å². The largest absolute Gasteiger partial charge is 0.478 e. The highest BCUT2D eigenvalue weighted by molar-refractivity contribution is 14.1. The van der Waals surface area contributed by atoms with E-state index in [9.17, 15) is 9.59 Å². The molecule has 7 heteroatoms. The number of hydrogen-bond donors (Lipinski definition) is 2. The molecule has 1 aromatic carbocycles. The number of benzene rings is 1. The first-order valence-electron chi connectivity index (χ1n) is 5.89. The van der Waals surface area contributed by atoms with E-state index in [2.05, 4.69) is 48.8 Å². The van der Waals surface area contributed by atoms with Gasteiger partial charge in [0.1, 0.15) is 0 Å². The zero-order valence-electron chi connectivity index (χ0n) is 10.6. The maximum absolute atomic E-state index is 12.1. The smallest absolute Gasteiger partial charge is 0.335 e. The monoisotopic (exact) mass is 460 g/mol. The van der Waals surface area contributed by atoms with Crippen molar-refractivity contribution in [2.45, 2.75) is 6.54 Å². The Morgan fingerprint density at radius 2 is 2.05 bits per heavy atom. The third-order valence-electron chi connectivity index (χ3n) is 2.67. The predicted octanol–water partition coefficient (Wildman–Crippen LogP) is 3.08. The van der Waals surface area contributed by atoms with Crippen molar-refractivity contribution < 1.29 is 14.7 Å². The van der Waals surface area contributed by atoms with Gasteiger partial charge >= 0.3 is 5.97 Å². The molecule has 5 nitrogen and oxygen atoms in total. The third kappa shape index (κ3) is 4.24. The van der Waals surface area contributed by atoms with Crippen LogP contribution in [0.3, 0.4) is 0 Å². The molecule has 0 aliphatic carbocycles. The Morgan fingerprint density at radius 1 is 1.29 bits per heavy atom. The molecule has 0 radical (unpaired) electrons. The lowest BCUT2D eigenvalue weighted by molar-refractivity contribution is 0.0696. The quantitative estimate of drug-likeness (QED) is 0.687. The highest BCUT2D eigenvalue weighted by atomic mass is 127. The van der Waals surface area contributed by atoms with Crippen LogP contribution in [0.25, 0.3) is 0 Å². The van der Waals surface area contributed by atoms with Crippen LogP contribution in [0.2, 0.25) is 0 Å². The fourth-order valence-electron chi connectivity index (χ4n) is 1.65. The van der Waals surface area contributed by atoms with E-state index in [1.165, 1.54) is 18.3 Å². The first kappa shape index (κ1) is 15.9. The van der Waals surface area contributed by atoms with Gasteiger partial charge in [-0.2, -0.15) is 0 Å². The molecule has 0 fully saturated rings. The Hall–Kier alpha value is -1.48. The molecule has 0 spiro atoms. The molecule has 1 aromatic heterocycles. The van der Waals surface area contributed by atoms with Crippen molar-refractivity contribution in [3.63, 3.8) is 0 Å². The summed E-state index contributed by atoms with van der Waals surface area (Å²) in [6.45, 7) is 0.165. The lowest BCUT2D eigenvalue weighted by atomic mass is 10.2. The average Bonchev–Trinajstić information content (AvgIpc) is 2.47. The molecule has 21 heavy (non-hydrogen) atoms. The van der Waals surface area contributed by atoms with E-state index in [4.69, 9.17) is 5.11 Å². The lowest BCUT2D eigenvalue weighted by Crippen LogP contribution is -2.24. The standard InChI is InChI=1S/C14H10BrIN2O3/c15-12-2-1-9(16)6-11(12)13(19)18-7-10-5-8(14(20)21)3-4-17-10/h1-6H,7H2,(H,18,19)(H,20,21). The second-order valence-corrected chi connectivity index (χ2v) is 6.25. The fourth-order valence-corrected chi connectivity index (χ4v) is 2.56. The number of halogens is 2. The molecular weight excluding hydrogens is 451 g/mol. The van der Waals surface area contributed by atoms with Crippen LogP contribution in [0, 0.1) is 3.57 Å². The molecule has 108 valence electrons. The number of carbonyl (C=O) groups excluding carboxylic acids is 1. The fraction of sp³-hybridized carbons (Fsp3) is 0.0714. The average molecular weight is 461 g/mol. The van der Waals surface area contributed by atoms with Gasteiger partial charge in [0.2, 0.25) is 0 Å². The number of hydrogen-bond acceptors (Lipinski definition) is 3. The Kier molecular flexibility index (Phi) is 5.29. The maximum Gasteiger partial charge on any atom is 0.335 e. The van der Waals surface area contributed by atoms with E-state index in [-0.39, 0.29) is 18.0 Å². The van der Waals surface area contributed by atoms with Gasteiger partial charge in [-0.25, -0.2) is 4.79 Å². The highest BCUT2D eigenvalue weighted by Crippen LogP contribution is 2.19. The van der Waals surface area contributed by atoms with Gasteiger partial charge in [-0.3, -0.25) is 9.78 Å². The summed E-state index contributed by atoms with van der Waals surface area (Å²) in [5.41, 5.74) is 1.16. The molecule has 2 rings (SSSR count). The molecule has 1 amide bonds. The van der Waals surface area contributed by atoms with Crippen LogP contribution in [0.4, 0.5) is 0 Å². The van der Waals surface area contributed by atoms with Crippen molar-refractivity contribution in [2.24, 2.45) is 0 Å². The first-order chi connectivity index (χ1) is 9.97. The Morgan fingerprint density at radius 3 is 2.76 bits per heavy atom. The Bertz CT molecular complexity index is 706. The summed E-state index contributed by atoms with van der Waals surface area (Å²) >= 11 is 5.46. The normalized spacial score (nSPS) is 10.2. The molecule has 0 saturated heterocycles. The van der Waals surface area contributed by atoms with Gasteiger partial charge in [0.05, 0.1) is 23.4 Å². The van der Waals surface area contributed by atoms with E-state index >= 15 is 0 Å². The summed E-state index contributed by atoms with van der Waals surface area (Å²) in [6, 6.07) is 8.30. The van der Waals surface area contributed by atoms with Gasteiger partial charge in [0.15, 0.2) is 0 Å². The van der Waals surface area contributed by atoms with Crippen LogP contribution in [0.15, 0.2) is 41.0 Å². The number of carboxylic acid groups (broad SMARTS) is 1. The van der Waals surface area contributed by atoms with Crippen molar-refractivity contribution in [3.8, 4) is 0 Å². The summed E-state index contributed by atoms with van der Waals surface area (Å²) < 4.78 is 1.65. The number of carbonyl (C=O) groups is 2. The molecule has 0 saturated carbocycles. The van der Waals surface area contributed by atoms with Gasteiger partial charge in [-0.1, -0.05) is 0 Å². The maximum atomic E-state index is 12.1. The number of nitrogens with zero attached hydrogens (tertiary/aromatic N) is 1. The zero-order chi connectivity index (χ0) is 15.4. The molecule has 0 atom stereocenters. The number of aromatic nitrogens is 1. The summed E-state index contributed by atoms with van der Waals surface area (Å²) in [7, 11) is 0.